The van der Waals surface area contributed by atoms with Gasteiger partial charge in [-0.15, -0.1) is 0 Å². The van der Waals surface area contributed by atoms with Gasteiger partial charge >= 0.3 is 0 Å². The number of aryl methyl sites for hydroxylation is 2. The predicted octanol–water partition coefficient (Wildman–Crippen LogP) is 3.12. The van der Waals surface area contributed by atoms with Gasteiger partial charge in [0.25, 0.3) is 0 Å². The highest BCUT2D eigenvalue weighted by molar-refractivity contribution is 5.33. The topological polar surface area (TPSA) is 32.3 Å². The fourth-order valence-corrected chi connectivity index (χ4v) is 2.94. The summed E-state index contributed by atoms with van der Waals surface area (Å²) in [6.45, 7) is 7.44. The molecule has 18 heavy (non-hydrogen) atoms. The number of nitrogens with one attached hydrogen (secondary N) is 1. The normalized spacial score (nSPS) is 26.0. The molecule has 2 rings (SSSR count). The van der Waals surface area contributed by atoms with Gasteiger partial charge in [0.15, 0.2) is 0 Å². The number of hydrogen-bond donors (Lipinski definition) is 2. The van der Waals surface area contributed by atoms with Crippen molar-refractivity contribution >= 4 is 0 Å². The smallest absolute Gasteiger partial charge is 0.0945 e. The highest BCUT2D eigenvalue weighted by atomic mass is 16.3. The third-order valence-electron chi connectivity index (χ3n) is 4.26. The minimum absolute atomic E-state index is 0.212. The summed E-state index contributed by atoms with van der Waals surface area (Å²) in [5.74, 6) is 0.760. The summed E-state index contributed by atoms with van der Waals surface area (Å²) in [6, 6.07) is 6.55. The molecule has 2 nitrogen and oxygen atoms in total. The number of aliphatic hydroxyl groups is 1. The Morgan fingerprint density at radius 1 is 1.39 bits per heavy atom. The predicted molar refractivity (Wildman–Crippen MR) is 75.7 cm³/mol. The maximum Gasteiger partial charge on any atom is 0.0945 e. The van der Waals surface area contributed by atoms with Crippen molar-refractivity contribution in [1.82, 2.24) is 5.32 Å². The minimum atomic E-state index is -0.376. The molecule has 1 aliphatic heterocycles. The second-order valence-corrected chi connectivity index (χ2v) is 5.66. The first kappa shape index (κ1) is 13.6. The van der Waals surface area contributed by atoms with Gasteiger partial charge in [-0.3, -0.25) is 0 Å². The summed E-state index contributed by atoms with van der Waals surface area (Å²) in [7, 11) is 0. The Labute approximate surface area is 110 Å². The lowest BCUT2D eigenvalue weighted by Crippen LogP contribution is -2.42. The van der Waals surface area contributed by atoms with Gasteiger partial charge in [-0.2, -0.15) is 0 Å². The molecule has 1 aromatic carbocycles. The lowest BCUT2D eigenvalue weighted by atomic mass is 9.85. The molecule has 0 spiro atoms. The Morgan fingerprint density at radius 2 is 2.17 bits per heavy atom. The van der Waals surface area contributed by atoms with Crippen molar-refractivity contribution in [2.75, 3.05) is 6.54 Å². The van der Waals surface area contributed by atoms with Gasteiger partial charge in [-0.1, -0.05) is 37.1 Å². The molecule has 0 bridgehead atoms. The zero-order valence-electron chi connectivity index (χ0n) is 11.7. The molecule has 1 saturated heterocycles. The number of aliphatic hydroxyl groups excluding tert-OH is 1. The van der Waals surface area contributed by atoms with Crippen molar-refractivity contribution in [2.24, 2.45) is 5.92 Å². The fraction of sp³-hybridized carbons (Fsp3) is 0.625. The van der Waals surface area contributed by atoms with Gasteiger partial charge in [-0.25, -0.2) is 0 Å². The van der Waals surface area contributed by atoms with E-state index in [0.29, 0.717) is 0 Å². The van der Waals surface area contributed by atoms with Gasteiger partial charge in [0.2, 0.25) is 0 Å². The van der Waals surface area contributed by atoms with E-state index in [4.69, 9.17) is 0 Å². The third kappa shape index (κ3) is 2.93. The largest absolute Gasteiger partial charge is 0.387 e. The van der Waals surface area contributed by atoms with Gasteiger partial charge in [0.05, 0.1) is 6.10 Å². The van der Waals surface area contributed by atoms with Crippen LogP contribution in [0.15, 0.2) is 18.2 Å². The van der Waals surface area contributed by atoms with Crippen molar-refractivity contribution in [3.8, 4) is 0 Å². The average molecular weight is 247 g/mol. The molecule has 3 atom stereocenters. The monoisotopic (exact) mass is 247 g/mol. The van der Waals surface area contributed by atoms with Gasteiger partial charge in [0, 0.05) is 6.04 Å². The van der Waals surface area contributed by atoms with E-state index in [1.807, 2.05) is 0 Å². The zero-order chi connectivity index (χ0) is 13.1. The van der Waals surface area contributed by atoms with Crippen LogP contribution in [0.25, 0.3) is 0 Å². The number of benzene rings is 1. The average Bonchev–Trinajstić information content (AvgIpc) is 2.41. The van der Waals surface area contributed by atoms with E-state index in [0.717, 1.165) is 24.4 Å². The number of hydrogen-bond acceptors (Lipinski definition) is 2. The van der Waals surface area contributed by atoms with Crippen molar-refractivity contribution in [1.29, 1.82) is 0 Å². The first-order valence-corrected chi connectivity index (χ1v) is 7.10. The second-order valence-electron chi connectivity index (χ2n) is 5.66. The van der Waals surface area contributed by atoms with Crippen LogP contribution >= 0.6 is 0 Å². The van der Waals surface area contributed by atoms with Crippen LogP contribution in [0.1, 0.15) is 49.0 Å². The van der Waals surface area contributed by atoms with Crippen LogP contribution in [0.4, 0.5) is 0 Å². The van der Waals surface area contributed by atoms with Crippen LogP contribution in [-0.2, 0) is 0 Å². The lowest BCUT2D eigenvalue weighted by molar-refractivity contribution is 0.0973. The number of piperidine rings is 1. The molecule has 0 radical (unpaired) electrons. The van der Waals surface area contributed by atoms with Crippen molar-refractivity contribution in [2.45, 2.75) is 52.2 Å². The maximum absolute atomic E-state index is 10.6. The molecular weight excluding hydrogens is 222 g/mol. The van der Waals surface area contributed by atoms with Gasteiger partial charge in [0.1, 0.15) is 0 Å². The van der Waals surface area contributed by atoms with Crippen LogP contribution in [0.3, 0.4) is 0 Å². The summed E-state index contributed by atoms with van der Waals surface area (Å²) >= 11 is 0. The molecule has 1 heterocycles. The van der Waals surface area contributed by atoms with E-state index in [2.05, 4.69) is 44.3 Å². The van der Waals surface area contributed by atoms with Crippen LogP contribution in [0.5, 0.6) is 0 Å². The molecule has 0 aliphatic carbocycles. The van der Waals surface area contributed by atoms with E-state index >= 15 is 0 Å². The Bertz CT molecular complexity index is 402. The lowest BCUT2D eigenvalue weighted by Gasteiger charge is -2.33. The zero-order valence-corrected chi connectivity index (χ0v) is 11.7. The van der Waals surface area contributed by atoms with E-state index < -0.39 is 0 Å². The van der Waals surface area contributed by atoms with Crippen LogP contribution in [-0.4, -0.2) is 17.7 Å². The molecule has 0 saturated carbocycles. The minimum Gasteiger partial charge on any atom is -0.387 e. The summed E-state index contributed by atoms with van der Waals surface area (Å²) < 4.78 is 0. The molecule has 0 amide bonds. The quantitative estimate of drug-likeness (QED) is 0.860. The first-order chi connectivity index (χ1) is 8.61. The van der Waals surface area contributed by atoms with Gasteiger partial charge in [-0.05, 0) is 50.3 Å². The summed E-state index contributed by atoms with van der Waals surface area (Å²) in [4.78, 5) is 0. The number of rotatable bonds is 3. The van der Waals surface area contributed by atoms with Crippen LogP contribution in [0, 0.1) is 19.8 Å². The van der Waals surface area contributed by atoms with Crippen molar-refractivity contribution in [3.05, 3.63) is 34.9 Å². The van der Waals surface area contributed by atoms with E-state index in [1.54, 1.807) is 0 Å². The van der Waals surface area contributed by atoms with Crippen molar-refractivity contribution in [3.63, 3.8) is 0 Å². The summed E-state index contributed by atoms with van der Waals surface area (Å²) in [5.41, 5.74) is 3.50. The SMILES string of the molecule is CCC1CCNC(C(O)c2cc(C)ccc2C)C1. The third-order valence-corrected chi connectivity index (χ3v) is 4.26. The van der Waals surface area contributed by atoms with Crippen LogP contribution in [0.2, 0.25) is 0 Å². The molecule has 3 unspecified atom stereocenters. The van der Waals surface area contributed by atoms with E-state index in [-0.39, 0.29) is 12.1 Å². The van der Waals surface area contributed by atoms with Crippen LogP contribution < -0.4 is 5.32 Å². The molecule has 1 aliphatic rings. The second kappa shape index (κ2) is 5.85. The van der Waals surface area contributed by atoms with E-state index in [9.17, 15) is 5.11 Å². The molecule has 1 fully saturated rings. The summed E-state index contributed by atoms with van der Waals surface area (Å²) in [6.07, 6.45) is 3.18. The molecule has 0 aromatic heterocycles. The Balaban J connectivity index is 2.14. The Kier molecular flexibility index (Phi) is 4.41. The van der Waals surface area contributed by atoms with Crippen molar-refractivity contribution < 1.29 is 5.11 Å². The van der Waals surface area contributed by atoms with Gasteiger partial charge < -0.3 is 10.4 Å². The molecular formula is C16H25NO. The Hall–Kier alpha value is -0.860. The standard InChI is InChI=1S/C16H25NO/c1-4-13-7-8-17-15(10-13)16(18)14-9-11(2)5-6-12(14)3/h5-6,9,13,15-18H,4,7-8,10H2,1-3H3. The molecule has 2 N–H and O–H groups in total. The Morgan fingerprint density at radius 3 is 2.89 bits per heavy atom. The maximum atomic E-state index is 10.6. The molecule has 100 valence electrons. The summed E-state index contributed by atoms with van der Waals surface area (Å²) in [5, 5.41) is 14.1. The fourth-order valence-electron chi connectivity index (χ4n) is 2.94. The van der Waals surface area contributed by atoms with E-state index in [1.165, 1.54) is 24.0 Å². The molecule has 2 heteroatoms. The first-order valence-electron chi connectivity index (χ1n) is 7.10. The molecule has 1 aromatic rings. The highest BCUT2D eigenvalue weighted by Gasteiger charge is 2.27. The highest BCUT2D eigenvalue weighted by Crippen LogP contribution is 2.29.